The molecule has 2 aromatic rings. The average molecular weight is 1480 g/mol. The lowest BCUT2D eigenvalue weighted by atomic mass is 9.94. The SMILES string of the molecule is CC[C@H](C)[C@H]1C(=O)N(C)[C@@H](C)C(=O)N(C)[C@@H](CC(C)C)C(=O)N[C@@H](COC(C)(C)C)C(=O)N(C)[C@@H](CC(C)C)C(=O)N[C@H](C(=O)N2CCCCC2)CC(=O)N(C)[C@@H](C)C(=O)N(C)[C@@H](Cc2ccccc2)C(=O)N[C@@H](C)C(=O)N(C)[C@@H](CC(C)C)C(=O)N[C@@H]([C@@H](C)O)C(=O)N[C@@H](Cc2ccccc2)C(=O)N1C. The van der Waals surface area contributed by atoms with E-state index in [1.165, 1.54) is 96.6 Å². The summed E-state index contributed by atoms with van der Waals surface area (Å²) in [6, 6.07) is 0.883. The fraction of sp³-hybridized carbons (Fsp3) is 0.679. The van der Waals surface area contributed by atoms with Crippen LogP contribution in [0.25, 0.3) is 0 Å². The Kier molecular flexibility index (Phi) is 34.7. The van der Waals surface area contributed by atoms with E-state index in [0.717, 1.165) is 21.1 Å². The molecule has 6 N–H and O–H groups in total. The number of rotatable bonds is 16. The van der Waals surface area contributed by atoms with Crippen molar-refractivity contribution in [2.24, 2.45) is 23.7 Å². The Morgan fingerprint density at radius 3 is 1.37 bits per heavy atom. The van der Waals surface area contributed by atoms with Gasteiger partial charge >= 0.3 is 0 Å². The highest BCUT2D eigenvalue weighted by Gasteiger charge is 2.45. The third-order valence-electron chi connectivity index (χ3n) is 20.3. The molecule has 4 rings (SSSR count). The molecule has 28 heteroatoms. The van der Waals surface area contributed by atoms with Gasteiger partial charge in [-0.05, 0) is 122 Å². The standard InChI is InChI=1S/C78H125N13O15/c1-23-49(8)65-77(105)85(17)52(11)73(101)87(19)59(39-46(2)3)68(96)82-58(45-106-78(13,14)15)75(103)89(21)60(40-47(4)5)67(95)80-57(76(104)91-37-31-26-32-38-91)44-63(93)84(16)51(10)72(100)88(20)62(43-55-35-29-25-30-36-55)66(94)79-50(9)71(99)86(18)61(41-48(6)7)69(97)83-64(53(12)92)70(98)81-56(74(102)90(65)22)42-54-33-27-24-28-34-54/h24-25,27-30,33-36,46-53,56-62,64-65,92H,23,26,31-32,37-45H2,1-22H3,(H,79,94)(H,80,95)(H,81,98)(H,82,96)(H,83,97)/t49-,50-,51-,52-,53+,56-,57-,58-,59-,60-,61-,62-,64-,65-/m0/s1. The van der Waals surface area contributed by atoms with Gasteiger partial charge in [-0.3, -0.25) is 62.3 Å². The predicted octanol–water partition coefficient (Wildman–Crippen LogP) is 3.54. The molecule has 28 nitrogen and oxygen atoms in total. The highest BCUT2D eigenvalue weighted by molar-refractivity contribution is 6.01. The Morgan fingerprint density at radius 1 is 0.481 bits per heavy atom. The van der Waals surface area contributed by atoms with E-state index in [9.17, 15) is 38.7 Å². The summed E-state index contributed by atoms with van der Waals surface area (Å²) >= 11 is 0. The van der Waals surface area contributed by atoms with Gasteiger partial charge in [0.1, 0.15) is 72.5 Å². The van der Waals surface area contributed by atoms with Gasteiger partial charge in [-0.1, -0.05) is 122 Å². The quantitative estimate of drug-likeness (QED) is 0.140. The number of hydrogen-bond acceptors (Lipinski definition) is 15. The maximum absolute atomic E-state index is 15.3. The van der Waals surface area contributed by atoms with Gasteiger partial charge in [-0.15, -0.1) is 0 Å². The number of ether oxygens (including phenoxy) is 1. The predicted molar refractivity (Wildman–Crippen MR) is 403 cm³/mol. The third-order valence-corrected chi connectivity index (χ3v) is 20.3. The van der Waals surface area contributed by atoms with E-state index >= 15 is 28.8 Å². The number of carbonyl (C=O) groups is 13. The van der Waals surface area contributed by atoms with Crippen LogP contribution >= 0.6 is 0 Å². The van der Waals surface area contributed by atoms with E-state index < -0.39 is 180 Å². The minimum Gasteiger partial charge on any atom is -0.391 e. The molecule has 2 fully saturated rings. The molecule has 2 aliphatic heterocycles. The molecule has 0 spiro atoms. The van der Waals surface area contributed by atoms with Crippen LogP contribution in [0.15, 0.2) is 60.7 Å². The first-order chi connectivity index (χ1) is 49.4. The van der Waals surface area contributed by atoms with Gasteiger partial charge in [0.2, 0.25) is 76.8 Å². The van der Waals surface area contributed by atoms with Gasteiger partial charge in [0.25, 0.3) is 0 Å². The number of benzene rings is 2. The summed E-state index contributed by atoms with van der Waals surface area (Å²) in [5.41, 5.74) is 0.358. The number of nitrogens with one attached hydrogen (secondary N) is 5. The Balaban J connectivity index is 1.97. The Labute approximate surface area is 628 Å². The van der Waals surface area contributed by atoms with Crippen molar-refractivity contribution in [3.63, 3.8) is 0 Å². The van der Waals surface area contributed by atoms with Crippen molar-refractivity contribution in [1.82, 2.24) is 65.8 Å². The number of aliphatic hydroxyl groups is 1. The van der Waals surface area contributed by atoms with Gasteiger partial charge in [-0.25, -0.2) is 0 Å². The number of carbonyl (C=O) groups excluding carboxylic acids is 13. The van der Waals surface area contributed by atoms with E-state index in [1.807, 2.05) is 48.5 Å². The van der Waals surface area contributed by atoms with Crippen LogP contribution in [-0.4, -0.2) is 274 Å². The van der Waals surface area contributed by atoms with E-state index in [-0.39, 0.29) is 49.9 Å². The fourth-order valence-electron chi connectivity index (χ4n) is 13.2. The molecule has 0 aromatic heterocycles. The van der Waals surface area contributed by atoms with Gasteiger partial charge in [-0.2, -0.15) is 0 Å². The number of nitrogens with zero attached hydrogens (tertiary/aromatic N) is 8. The number of piperidine rings is 1. The average Bonchev–Trinajstić information content (AvgIpc) is 0.815. The third kappa shape index (κ3) is 25.3. The summed E-state index contributed by atoms with van der Waals surface area (Å²) in [5, 5.41) is 25.2. The van der Waals surface area contributed by atoms with Crippen LogP contribution < -0.4 is 26.6 Å². The molecule has 2 aromatic carbocycles. The molecule has 0 radical (unpaired) electrons. The second-order valence-corrected chi connectivity index (χ2v) is 31.4. The molecule has 592 valence electrons. The Bertz CT molecular complexity index is 3320. The lowest BCUT2D eigenvalue weighted by Gasteiger charge is -2.39. The van der Waals surface area contributed by atoms with Crippen LogP contribution in [0.1, 0.15) is 166 Å². The number of hydrogen-bond donors (Lipinski definition) is 6. The van der Waals surface area contributed by atoms with Crippen LogP contribution in [-0.2, 0) is 79.9 Å². The maximum Gasteiger partial charge on any atom is 0.247 e. The molecule has 0 aliphatic carbocycles. The Morgan fingerprint density at radius 2 is 0.896 bits per heavy atom. The fourth-order valence-corrected chi connectivity index (χ4v) is 13.2. The van der Waals surface area contributed by atoms with Crippen LogP contribution in [0, 0.1) is 23.7 Å². The lowest BCUT2D eigenvalue weighted by molar-refractivity contribution is -0.153. The molecule has 106 heavy (non-hydrogen) atoms. The van der Waals surface area contributed by atoms with E-state index in [4.69, 9.17) is 4.74 Å². The van der Waals surface area contributed by atoms with Crippen molar-refractivity contribution >= 4 is 76.8 Å². The summed E-state index contributed by atoms with van der Waals surface area (Å²) < 4.78 is 6.19. The van der Waals surface area contributed by atoms with E-state index in [0.29, 0.717) is 43.5 Å². The minimum absolute atomic E-state index is 0.0271. The number of likely N-dealkylation sites (tertiary alicyclic amines) is 1. The van der Waals surface area contributed by atoms with Crippen molar-refractivity contribution in [2.75, 3.05) is 69.0 Å². The largest absolute Gasteiger partial charge is 0.391 e. The lowest BCUT2D eigenvalue weighted by Crippen LogP contribution is -2.63. The van der Waals surface area contributed by atoms with Crippen LogP contribution in [0.3, 0.4) is 0 Å². The molecule has 0 saturated carbocycles. The smallest absolute Gasteiger partial charge is 0.247 e. The summed E-state index contributed by atoms with van der Waals surface area (Å²) in [7, 11) is 9.70. The monoisotopic (exact) mass is 1480 g/mol. The highest BCUT2D eigenvalue weighted by atomic mass is 16.5. The van der Waals surface area contributed by atoms with E-state index in [2.05, 4.69) is 26.6 Å². The van der Waals surface area contributed by atoms with Crippen molar-refractivity contribution < 1.29 is 72.2 Å². The second-order valence-electron chi connectivity index (χ2n) is 31.4. The number of aliphatic hydroxyl groups excluding tert-OH is 1. The Hall–Kier alpha value is -8.53. The van der Waals surface area contributed by atoms with Gasteiger partial charge in [0.05, 0.1) is 24.7 Å². The number of amides is 13. The topological polar surface area (TPSA) is 337 Å². The first-order valence-corrected chi connectivity index (χ1v) is 37.5. The normalized spacial score (nSPS) is 26.4. The molecule has 2 aliphatic rings. The van der Waals surface area contributed by atoms with Gasteiger partial charge in [0, 0.05) is 75.3 Å². The van der Waals surface area contributed by atoms with E-state index in [1.54, 1.807) is 93.3 Å². The first-order valence-electron chi connectivity index (χ1n) is 37.5. The second kappa shape index (κ2) is 41.0. The van der Waals surface area contributed by atoms with Gasteiger partial charge < -0.3 is 75.6 Å². The molecule has 0 bridgehead atoms. The molecule has 0 unspecified atom stereocenters. The van der Waals surface area contributed by atoms with Crippen molar-refractivity contribution in [3.05, 3.63) is 71.8 Å². The zero-order valence-corrected chi connectivity index (χ0v) is 67.0. The van der Waals surface area contributed by atoms with Crippen LogP contribution in [0.5, 0.6) is 0 Å². The molecule has 14 atom stereocenters. The summed E-state index contributed by atoms with van der Waals surface area (Å²) in [5.74, 6) is -11.1. The van der Waals surface area contributed by atoms with Gasteiger partial charge in [0.15, 0.2) is 0 Å². The number of likely N-dealkylation sites (N-methyl/N-ethyl adjacent to an activating group) is 7. The molecule has 2 saturated heterocycles. The summed E-state index contributed by atoms with van der Waals surface area (Å²) in [6.07, 6.45) is 0.220. The summed E-state index contributed by atoms with van der Waals surface area (Å²) in [4.78, 5) is 204. The highest BCUT2D eigenvalue weighted by Crippen LogP contribution is 2.25. The zero-order chi connectivity index (χ0) is 80.1. The van der Waals surface area contributed by atoms with Crippen molar-refractivity contribution in [3.8, 4) is 0 Å². The molecular formula is C78H125N13O15. The molecular weight excluding hydrogens is 1360 g/mol. The van der Waals surface area contributed by atoms with Crippen molar-refractivity contribution in [2.45, 2.75) is 252 Å². The van der Waals surface area contributed by atoms with Crippen LogP contribution in [0.2, 0.25) is 0 Å². The van der Waals surface area contributed by atoms with Crippen LogP contribution in [0.4, 0.5) is 0 Å². The molecule has 2 heterocycles. The minimum atomic E-state index is -1.73. The summed E-state index contributed by atoms with van der Waals surface area (Å²) in [6.45, 7) is 25.7. The molecule has 13 amide bonds. The maximum atomic E-state index is 15.3. The van der Waals surface area contributed by atoms with Crippen molar-refractivity contribution in [1.29, 1.82) is 0 Å². The first kappa shape index (κ1) is 89.9. The zero-order valence-electron chi connectivity index (χ0n) is 67.0.